The molecule has 0 aliphatic rings. The molecule has 2 aromatic rings. The van der Waals surface area contributed by atoms with E-state index in [9.17, 15) is 18.0 Å². The molecule has 0 radical (unpaired) electrons. The van der Waals surface area contributed by atoms with Crippen LogP contribution in [0.2, 0.25) is 0 Å². The number of carbonyl (C=O) groups is 1. The van der Waals surface area contributed by atoms with E-state index in [0.29, 0.717) is 11.3 Å². The van der Waals surface area contributed by atoms with Crippen LogP contribution in [0.15, 0.2) is 48.5 Å². The Morgan fingerprint density at radius 1 is 1.10 bits per heavy atom. The molecule has 1 amide bonds. The van der Waals surface area contributed by atoms with E-state index in [-0.39, 0.29) is 5.69 Å². The van der Waals surface area contributed by atoms with E-state index in [1.807, 2.05) is 0 Å². The largest absolute Gasteiger partial charge is 0.497 e. The SMILES string of the molecule is COc1cccc(C(=O)Nc2cccc(C(F)(F)F)c2)c1. The average molecular weight is 295 g/mol. The van der Waals surface area contributed by atoms with Gasteiger partial charge in [0, 0.05) is 11.3 Å². The minimum Gasteiger partial charge on any atom is -0.497 e. The van der Waals surface area contributed by atoms with E-state index in [0.717, 1.165) is 12.1 Å². The molecule has 3 nitrogen and oxygen atoms in total. The number of methoxy groups -OCH3 is 1. The van der Waals surface area contributed by atoms with E-state index < -0.39 is 17.6 Å². The van der Waals surface area contributed by atoms with Crippen LogP contribution in [0.1, 0.15) is 15.9 Å². The van der Waals surface area contributed by atoms with Crippen molar-refractivity contribution in [3.63, 3.8) is 0 Å². The van der Waals surface area contributed by atoms with Crippen molar-refractivity contribution < 1.29 is 22.7 Å². The van der Waals surface area contributed by atoms with E-state index in [4.69, 9.17) is 4.74 Å². The number of alkyl halides is 3. The Morgan fingerprint density at radius 2 is 1.81 bits per heavy atom. The lowest BCUT2D eigenvalue weighted by Crippen LogP contribution is -2.13. The Hall–Kier alpha value is -2.50. The lowest BCUT2D eigenvalue weighted by Gasteiger charge is -2.10. The fraction of sp³-hybridized carbons (Fsp3) is 0.133. The van der Waals surface area contributed by atoms with Gasteiger partial charge in [0.1, 0.15) is 5.75 Å². The Kier molecular flexibility index (Phi) is 4.16. The molecule has 0 aliphatic carbocycles. The quantitative estimate of drug-likeness (QED) is 0.930. The predicted octanol–water partition coefficient (Wildman–Crippen LogP) is 3.97. The van der Waals surface area contributed by atoms with Crippen LogP contribution in [0.4, 0.5) is 18.9 Å². The van der Waals surface area contributed by atoms with Gasteiger partial charge in [-0.05, 0) is 36.4 Å². The zero-order valence-electron chi connectivity index (χ0n) is 11.1. The maximum Gasteiger partial charge on any atom is 0.416 e. The van der Waals surface area contributed by atoms with Gasteiger partial charge in [-0.2, -0.15) is 13.2 Å². The predicted molar refractivity (Wildman–Crippen MR) is 72.4 cm³/mol. The normalized spacial score (nSPS) is 11.0. The molecule has 0 spiro atoms. The number of ether oxygens (including phenoxy) is 1. The number of amides is 1. The van der Waals surface area contributed by atoms with Crippen LogP contribution in [0.25, 0.3) is 0 Å². The molecule has 110 valence electrons. The maximum atomic E-state index is 12.6. The molecule has 0 fully saturated rings. The van der Waals surface area contributed by atoms with Crippen molar-refractivity contribution in [1.29, 1.82) is 0 Å². The lowest BCUT2D eigenvalue weighted by molar-refractivity contribution is -0.137. The standard InChI is InChI=1S/C15H12F3NO2/c1-21-13-7-2-4-10(8-13)14(20)19-12-6-3-5-11(9-12)15(16,17)18/h2-9H,1H3,(H,19,20). The molecule has 1 N–H and O–H groups in total. The van der Waals surface area contributed by atoms with Crippen molar-refractivity contribution in [2.24, 2.45) is 0 Å². The van der Waals surface area contributed by atoms with Crippen LogP contribution in [0, 0.1) is 0 Å². The molecule has 0 saturated heterocycles. The molecule has 0 bridgehead atoms. The first kappa shape index (κ1) is 14.9. The fourth-order valence-electron chi connectivity index (χ4n) is 1.74. The highest BCUT2D eigenvalue weighted by molar-refractivity contribution is 6.04. The van der Waals surface area contributed by atoms with Crippen molar-refractivity contribution in [1.82, 2.24) is 0 Å². The molecule has 0 aromatic heterocycles. The summed E-state index contributed by atoms with van der Waals surface area (Å²) >= 11 is 0. The van der Waals surface area contributed by atoms with Gasteiger partial charge in [0.05, 0.1) is 12.7 Å². The van der Waals surface area contributed by atoms with Crippen LogP contribution >= 0.6 is 0 Å². The zero-order chi connectivity index (χ0) is 15.5. The minimum atomic E-state index is -4.45. The van der Waals surface area contributed by atoms with Crippen molar-refractivity contribution >= 4 is 11.6 Å². The summed E-state index contributed by atoms with van der Waals surface area (Å²) in [7, 11) is 1.46. The van der Waals surface area contributed by atoms with E-state index in [2.05, 4.69) is 5.32 Å². The number of rotatable bonds is 3. The summed E-state index contributed by atoms with van der Waals surface area (Å²) in [6.45, 7) is 0. The summed E-state index contributed by atoms with van der Waals surface area (Å²) < 4.78 is 42.8. The first-order valence-corrected chi connectivity index (χ1v) is 6.03. The first-order chi connectivity index (χ1) is 9.90. The monoisotopic (exact) mass is 295 g/mol. The molecule has 0 unspecified atom stereocenters. The molecule has 21 heavy (non-hydrogen) atoms. The van der Waals surface area contributed by atoms with Crippen molar-refractivity contribution in [3.05, 3.63) is 59.7 Å². The van der Waals surface area contributed by atoms with Gasteiger partial charge in [0.25, 0.3) is 5.91 Å². The van der Waals surface area contributed by atoms with Crippen molar-refractivity contribution in [2.75, 3.05) is 12.4 Å². The highest BCUT2D eigenvalue weighted by atomic mass is 19.4. The smallest absolute Gasteiger partial charge is 0.416 e. The second-order valence-electron chi connectivity index (χ2n) is 4.26. The zero-order valence-corrected chi connectivity index (χ0v) is 11.1. The number of nitrogens with one attached hydrogen (secondary N) is 1. The Morgan fingerprint density at radius 3 is 2.48 bits per heavy atom. The lowest BCUT2D eigenvalue weighted by atomic mass is 10.1. The van der Waals surface area contributed by atoms with Crippen LogP contribution in [-0.4, -0.2) is 13.0 Å². The highest BCUT2D eigenvalue weighted by Gasteiger charge is 2.30. The number of carbonyl (C=O) groups excluding carboxylic acids is 1. The second-order valence-corrected chi connectivity index (χ2v) is 4.26. The highest BCUT2D eigenvalue weighted by Crippen LogP contribution is 2.30. The number of halogens is 3. The van der Waals surface area contributed by atoms with Crippen LogP contribution in [0.5, 0.6) is 5.75 Å². The van der Waals surface area contributed by atoms with Crippen molar-refractivity contribution in [3.8, 4) is 5.75 Å². The topological polar surface area (TPSA) is 38.3 Å². The molecule has 0 atom stereocenters. The molecule has 2 rings (SSSR count). The summed E-state index contributed by atoms with van der Waals surface area (Å²) in [6.07, 6.45) is -4.45. The summed E-state index contributed by atoms with van der Waals surface area (Å²) in [6, 6.07) is 10.8. The average Bonchev–Trinajstić information content (AvgIpc) is 2.46. The Balaban J connectivity index is 2.19. The summed E-state index contributed by atoms with van der Waals surface area (Å²) in [4.78, 5) is 12.0. The van der Waals surface area contributed by atoms with Gasteiger partial charge >= 0.3 is 6.18 Å². The molecular weight excluding hydrogens is 283 g/mol. The van der Waals surface area contributed by atoms with Gasteiger partial charge in [-0.25, -0.2) is 0 Å². The number of hydrogen-bond acceptors (Lipinski definition) is 2. The molecule has 0 aliphatic heterocycles. The molecular formula is C15H12F3NO2. The summed E-state index contributed by atoms with van der Waals surface area (Å²) in [5.74, 6) is -0.0140. The Labute approximate surface area is 119 Å². The second kappa shape index (κ2) is 5.87. The van der Waals surface area contributed by atoms with E-state index >= 15 is 0 Å². The minimum absolute atomic E-state index is 0.0812. The van der Waals surface area contributed by atoms with Crippen molar-refractivity contribution in [2.45, 2.75) is 6.18 Å². The third kappa shape index (κ3) is 3.75. The number of benzene rings is 2. The summed E-state index contributed by atoms with van der Waals surface area (Å²) in [5, 5.41) is 2.43. The summed E-state index contributed by atoms with van der Waals surface area (Å²) in [5.41, 5.74) is -0.435. The molecule has 0 saturated carbocycles. The fourth-order valence-corrected chi connectivity index (χ4v) is 1.74. The van der Waals surface area contributed by atoms with E-state index in [1.165, 1.54) is 25.3 Å². The molecule has 0 heterocycles. The number of anilines is 1. The van der Waals surface area contributed by atoms with Gasteiger partial charge < -0.3 is 10.1 Å². The first-order valence-electron chi connectivity index (χ1n) is 6.03. The van der Waals surface area contributed by atoms with Gasteiger partial charge in [0.2, 0.25) is 0 Å². The van der Waals surface area contributed by atoms with Gasteiger partial charge in [-0.15, -0.1) is 0 Å². The van der Waals surface area contributed by atoms with Crippen LogP contribution < -0.4 is 10.1 Å². The third-order valence-electron chi connectivity index (χ3n) is 2.78. The van der Waals surface area contributed by atoms with E-state index in [1.54, 1.807) is 18.2 Å². The van der Waals surface area contributed by atoms with Crippen LogP contribution in [-0.2, 0) is 6.18 Å². The number of hydrogen-bond donors (Lipinski definition) is 1. The Bertz CT molecular complexity index is 653. The van der Waals surface area contributed by atoms with Gasteiger partial charge in [-0.3, -0.25) is 4.79 Å². The maximum absolute atomic E-state index is 12.6. The van der Waals surface area contributed by atoms with Crippen LogP contribution in [0.3, 0.4) is 0 Å². The third-order valence-corrected chi connectivity index (χ3v) is 2.78. The molecule has 2 aromatic carbocycles. The van der Waals surface area contributed by atoms with Gasteiger partial charge in [0.15, 0.2) is 0 Å². The van der Waals surface area contributed by atoms with Gasteiger partial charge in [-0.1, -0.05) is 12.1 Å². The molecule has 6 heteroatoms.